The minimum atomic E-state index is -3.49. The summed E-state index contributed by atoms with van der Waals surface area (Å²) in [5.41, 5.74) is 0.626. The van der Waals surface area contributed by atoms with Crippen molar-refractivity contribution in [2.45, 2.75) is 31.2 Å². The van der Waals surface area contributed by atoms with E-state index in [0.29, 0.717) is 5.69 Å². The quantitative estimate of drug-likeness (QED) is 0.848. The first kappa shape index (κ1) is 12.3. The van der Waals surface area contributed by atoms with Crippen LogP contribution in [0.5, 0.6) is 0 Å². The molecule has 5 nitrogen and oxygen atoms in total. The number of aromatic nitrogens is 1. The lowest BCUT2D eigenvalue weighted by atomic mass is 10.2. The van der Waals surface area contributed by atoms with E-state index in [9.17, 15) is 8.42 Å². The fraction of sp³-hybridized carbons (Fsp3) is 0.545. The van der Waals surface area contributed by atoms with Crippen LogP contribution in [0.3, 0.4) is 0 Å². The van der Waals surface area contributed by atoms with Crippen molar-refractivity contribution in [3.63, 3.8) is 0 Å². The van der Waals surface area contributed by atoms with Crippen LogP contribution >= 0.6 is 0 Å². The summed E-state index contributed by atoms with van der Waals surface area (Å²) in [7, 11) is -1.80. The Morgan fingerprint density at radius 3 is 2.65 bits per heavy atom. The zero-order valence-corrected chi connectivity index (χ0v) is 11.0. The van der Waals surface area contributed by atoms with Crippen molar-refractivity contribution in [3.05, 3.63) is 18.5 Å². The van der Waals surface area contributed by atoms with Crippen molar-refractivity contribution >= 4 is 15.7 Å². The summed E-state index contributed by atoms with van der Waals surface area (Å²) >= 11 is 0. The van der Waals surface area contributed by atoms with Crippen molar-refractivity contribution < 1.29 is 8.42 Å². The predicted octanol–water partition coefficient (Wildman–Crippen LogP) is 1.20. The van der Waals surface area contributed by atoms with Gasteiger partial charge in [-0.2, -0.15) is 0 Å². The molecule has 0 radical (unpaired) electrons. The smallest absolute Gasteiger partial charge is 0.244 e. The number of pyridine rings is 1. The summed E-state index contributed by atoms with van der Waals surface area (Å²) < 4.78 is 27.0. The van der Waals surface area contributed by atoms with E-state index in [0.717, 1.165) is 6.42 Å². The average molecular weight is 255 g/mol. The third-order valence-electron chi connectivity index (χ3n) is 3.15. The van der Waals surface area contributed by atoms with E-state index < -0.39 is 10.0 Å². The van der Waals surface area contributed by atoms with Crippen LogP contribution in [-0.2, 0) is 10.0 Å². The molecule has 1 unspecified atom stereocenters. The maximum Gasteiger partial charge on any atom is 0.244 e. The highest BCUT2D eigenvalue weighted by atomic mass is 32.2. The van der Waals surface area contributed by atoms with Gasteiger partial charge in [0.1, 0.15) is 4.90 Å². The minimum Gasteiger partial charge on any atom is -0.387 e. The molecular formula is C11H17N3O2S. The normalized spacial score (nSPS) is 22.2. The largest absolute Gasteiger partial charge is 0.387 e. The molecule has 2 rings (SSSR count). The second-order valence-corrected chi connectivity index (χ2v) is 6.67. The molecule has 0 amide bonds. The molecule has 1 saturated carbocycles. The molecule has 1 aliphatic carbocycles. The van der Waals surface area contributed by atoms with Crippen molar-refractivity contribution in [1.82, 2.24) is 9.71 Å². The van der Waals surface area contributed by atoms with Gasteiger partial charge >= 0.3 is 0 Å². The molecule has 1 aromatic heterocycles. The lowest BCUT2D eigenvalue weighted by Crippen LogP contribution is -2.29. The van der Waals surface area contributed by atoms with E-state index in [1.165, 1.54) is 6.20 Å². The molecule has 1 heterocycles. The number of hydrogen-bond acceptors (Lipinski definition) is 4. The summed E-state index contributed by atoms with van der Waals surface area (Å²) in [5.74, 6) is 0. The summed E-state index contributed by atoms with van der Waals surface area (Å²) in [5, 5.41) is 2.86. The van der Waals surface area contributed by atoms with Gasteiger partial charge in [-0.1, -0.05) is 13.8 Å². The third-order valence-corrected chi connectivity index (χ3v) is 4.65. The first-order valence-electron chi connectivity index (χ1n) is 5.51. The lowest BCUT2D eigenvalue weighted by Gasteiger charge is -2.11. The molecule has 1 fully saturated rings. The molecule has 1 aromatic rings. The monoisotopic (exact) mass is 255 g/mol. The lowest BCUT2D eigenvalue weighted by molar-refractivity contribution is 0.555. The molecule has 0 aliphatic heterocycles. The van der Waals surface area contributed by atoms with Crippen molar-refractivity contribution in [1.29, 1.82) is 0 Å². The summed E-state index contributed by atoms with van der Waals surface area (Å²) in [6, 6.07) is 1.67. The fourth-order valence-corrected chi connectivity index (χ4v) is 3.28. The van der Waals surface area contributed by atoms with E-state index in [-0.39, 0.29) is 16.4 Å². The highest BCUT2D eigenvalue weighted by molar-refractivity contribution is 7.89. The molecule has 94 valence electrons. The topological polar surface area (TPSA) is 71.1 Å². The molecular weight excluding hydrogens is 238 g/mol. The van der Waals surface area contributed by atoms with Crippen LogP contribution in [0, 0.1) is 5.41 Å². The number of rotatable bonds is 4. The highest BCUT2D eigenvalue weighted by Crippen LogP contribution is 2.45. The van der Waals surface area contributed by atoms with Gasteiger partial charge in [0.25, 0.3) is 0 Å². The van der Waals surface area contributed by atoms with E-state index in [2.05, 4.69) is 15.0 Å². The van der Waals surface area contributed by atoms with Gasteiger partial charge in [-0.15, -0.1) is 0 Å². The Bertz CT molecular complexity index is 525. The standard InChI is InChI=1S/C11H17N3O2S/c1-11(2)6-10(11)14-17(15,16)9-7-13-5-4-8(9)12-3/h4-5,7,10,14H,6H2,1-3H3,(H,12,13). The van der Waals surface area contributed by atoms with Crippen LogP contribution < -0.4 is 10.0 Å². The van der Waals surface area contributed by atoms with Crippen LogP contribution in [0.1, 0.15) is 20.3 Å². The van der Waals surface area contributed by atoms with E-state index >= 15 is 0 Å². The third kappa shape index (κ3) is 2.42. The number of sulfonamides is 1. The summed E-state index contributed by atoms with van der Waals surface area (Å²) in [6.07, 6.45) is 3.80. The molecule has 17 heavy (non-hydrogen) atoms. The van der Waals surface area contributed by atoms with Crippen LogP contribution in [0.4, 0.5) is 5.69 Å². The van der Waals surface area contributed by atoms with Crippen molar-refractivity contribution in [3.8, 4) is 0 Å². The Labute approximate surface area is 102 Å². The molecule has 0 bridgehead atoms. The van der Waals surface area contributed by atoms with Crippen LogP contribution in [0.25, 0.3) is 0 Å². The van der Waals surface area contributed by atoms with E-state index in [1.54, 1.807) is 19.3 Å². The fourth-order valence-electron chi connectivity index (χ4n) is 1.72. The molecule has 2 N–H and O–H groups in total. The molecule has 6 heteroatoms. The summed E-state index contributed by atoms with van der Waals surface area (Å²) in [6.45, 7) is 4.09. The highest BCUT2D eigenvalue weighted by Gasteiger charge is 2.48. The number of anilines is 1. The van der Waals surface area contributed by atoms with Crippen LogP contribution in [0.2, 0.25) is 0 Å². The maximum atomic E-state index is 12.2. The predicted molar refractivity (Wildman–Crippen MR) is 66.3 cm³/mol. The Balaban J connectivity index is 2.26. The van der Waals surface area contributed by atoms with Gasteiger partial charge in [-0.3, -0.25) is 4.98 Å². The molecule has 1 atom stereocenters. The number of nitrogens with one attached hydrogen (secondary N) is 2. The molecule has 0 saturated heterocycles. The second kappa shape index (κ2) is 3.96. The van der Waals surface area contributed by atoms with E-state index in [4.69, 9.17) is 0 Å². The first-order valence-corrected chi connectivity index (χ1v) is 6.99. The van der Waals surface area contributed by atoms with E-state index in [1.807, 2.05) is 13.8 Å². The number of hydrogen-bond donors (Lipinski definition) is 2. The Morgan fingerprint density at radius 1 is 1.47 bits per heavy atom. The Morgan fingerprint density at radius 2 is 2.12 bits per heavy atom. The minimum absolute atomic E-state index is 0.0254. The first-order chi connectivity index (χ1) is 7.87. The zero-order chi connectivity index (χ0) is 12.7. The molecule has 0 spiro atoms. The average Bonchev–Trinajstić information content (AvgIpc) is 2.85. The van der Waals surface area contributed by atoms with Gasteiger partial charge in [0.2, 0.25) is 10.0 Å². The SMILES string of the molecule is CNc1ccncc1S(=O)(=O)NC1CC1(C)C. The van der Waals surface area contributed by atoms with Gasteiger partial charge in [0.15, 0.2) is 0 Å². The molecule has 0 aromatic carbocycles. The van der Waals surface area contributed by atoms with Gasteiger partial charge in [-0.05, 0) is 17.9 Å². The van der Waals surface area contributed by atoms with Gasteiger partial charge in [-0.25, -0.2) is 13.1 Å². The van der Waals surface area contributed by atoms with Gasteiger partial charge < -0.3 is 5.32 Å². The van der Waals surface area contributed by atoms with Crippen LogP contribution in [-0.4, -0.2) is 26.5 Å². The van der Waals surface area contributed by atoms with Crippen LogP contribution in [0.15, 0.2) is 23.4 Å². The zero-order valence-electron chi connectivity index (χ0n) is 10.2. The van der Waals surface area contributed by atoms with Crippen molar-refractivity contribution in [2.75, 3.05) is 12.4 Å². The number of nitrogens with zero attached hydrogens (tertiary/aromatic N) is 1. The maximum absolute atomic E-state index is 12.2. The summed E-state index contributed by atoms with van der Waals surface area (Å²) in [4.78, 5) is 4.06. The van der Waals surface area contributed by atoms with Gasteiger partial charge in [0, 0.05) is 25.5 Å². The Kier molecular flexibility index (Phi) is 2.87. The Hall–Kier alpha value is -1.14. The van der Waals surface area contributed by atoms with Crippen molar-refractivity contribution in [2.24, 2.45) is 5.41 Å². The molecule has 1 aliphatic rings. The second-order valence-electron chi connectivity index (χ2n) is 4.99. The van der Waals surface area contributed by atoms with Gasteiger partial charge in [0.05, 0.1) is 5.69 Å².